The van der Waals surface area contributed by atoms with E-state index < -0.39 is 10.0 Å². The van der Waals surface area contributed by atoms with E-state index in [1.807, 2.05) is 24.0 Å². The Balaban J connectivity index is 1.45. The van der Waals surface area contributed by atoms with Gasteiger partial charge in [0, 0.05) is 48.9 Å². The van der Waals surface area contributed by atoms with Gasteiger partial charge in [0.25, 0.3) is 10.0 Å². The number of likely N-dealkylation sites (tertiary alicyclic amines) is 1. The van der Waals surface area contributed by atoms with Crippen molar-refractivity contribution in [1.29, 1.82) is 0 Å². The molecule has 2 aromatic heterocycles. The van der Waals surface area contributed by atoms with Crippen molar-refractivity contribution in [2.45, 2.75) is 42.7 Å². The molecule has 11 heteroatoms. The Labute approximate surface area is 185 Å². The van der Waals surface area contributed by atoms with Gasteiger partial charge in [0.05, 0.1) is 23.2 Å². The van der Waals surface area contributed by atoms with E-state index in [1.165, 1.54) is 18.4 Å². The lowest BCUT2D eigenvalue weighted by Gasteiger charge is -2.43. The first-order valence-electron chi connectivity index (χ1n) is 10.3. The summed E-state index contributed by atoms with van der Waals surface area (Å²) in [5.41, 5.74) is 2.25. The first kappa shape index (κ1) is 20.4. The maximum absolute atomic E-state index is 12.8. The Bertz CT molecular complexity index is 1160. The highest BCUT2D eigenvalue weighted by atomic mass is 32.2. The molecule has 0 bridgehead atoms. The van der Waals surface area contributed by atoms with Crippen LogP contribution < -0.4 is 9.46 Å². The van der Waals surface area contributed by atoms with Crippen molar-refractivity contribution in [3.8, 4) is 5.75 Å². The van der Waals surface area contributed by atoms with Gasteiger partial charge in [-0.3, -0.25) is 14.3 Å². The predicted octanol–water partition coefficient (Wildman–Crippen LogP) is 3.12. The molecule has 0 unspecified atom stereocenters. The second kappa shape index (κ2) is 8.21. The minimum atomic E-state index is -3.76. The number of nitrogens with zero attached hydrogens (tertiary/aromatic N) is 5. The van der Waals surface area contributed by atoms with E-state index in [2.05, 4.69) is 30.1 Å². The fourth-order valence-electron chi connectivity index (χ4n) is 4.61. The third-order valence-corrected chi connectivity index (χ3v) is 8.08. The fraction of sp³-hybridized carbons (Fsp3) is 0.450. The molecule has 2 aliphatic heterocycles. The number of piperidine rings is 1. The second-order valence-corrected chi connectivity index (χ2v) is 10.3. The Morgan fingerprint density at radius 1 is 1.19 bits per heavy atom. The van der Waals surface area contributed by atoms with Crippen molar-refractivity contribution in [2.75, 3.05) is 17.9 Å². The van der Waals surface area contributed by atoms with Gasteiger partial charge in [0.15, 0.2) is 0 Å². The Morgan fingerprint density at radius 2 is 2.10 bits per heavy atom. The van der Waals surface area contributed by atoms with Crippen molar-refractivity contribution in [3.63, 3.8) is 0 Å². The van der Waals surface area contributed by atoms with Crippen LogP contribution in [-0.2, 0) is 17.1 Å². The quantitative estimate of drug-likeness (QED) is 0.624. The number of aromatic nitrogens is 4. The number of nitrogens with one attached hydrogen (secondary N) is 1. The molecule has 2 aliphatic rings. The Kier molecular flexibility index (Phi) is 5.40. The summed E-state index contributed by atoms with van der Waals surface area (Å²) in [6.07, 6.45) is 7.47. The van der Waals surface area contributed by atoms with Crippen molar-refractivity contribution < 1.29 is 13.2 Å². The molecular formula is C20H24N6O3S2. The zero-order valence-corrected chi connectivity index (χ0v) is 18.8. The summed E-state index contributed by atoms with van der Waals surface area (Å²) in [5, 5.41) is 4.61. The number of sulfonamides is 1. The highest BCUT2D eigenvalue weighted by Gasteiger charge is 2.35. The first-order valence-corrected chi connectivity index (χ1v) is 12.6. The van der Waals surface area contributed by atoms with Crippen LogP contribution >= 0.6 is 11.5 Å². The number of hydrogen-bond donors (Lipinski definition) is 1. The summed E-state index contributed by atoms with van der Waals surface area (Å²) < 4.78 is 39.7. The molecular weight excluding hydrogens is 436 g/mol. The number of anilines is 1. The third-order valence-electron chi connectivity index (χ3n) is 6.03. The molecule has 0 aliphatic carbocycles. The van der Waals surface area contributed by atoms with E-state index in [4.69, 9.17) is 4.74 Å². The monoisotopic (exact) mass is 460 g/mol. The number of fused-ring (bicyclic) bond motifs is 1. The highest BCUT2D eigenvalue weighted by molar-refractivity contribution is 7.93. The SMILES string of the molecule is Cn1nccc1[C@@H]1CCCCN1[C@H]1CCOc2cc(S(=O)(=O)Nc3ncns3)ccc21. The van der Waals surface area contributed by atoms with Gasteiger partial charge in [-0.15, -0.1) is 0 Å². The topological polar surface area (TPSA) is 102 Å². The molecule has 31 heavy (non-hydrogen) atoms. The molecule has 0 saturated carbocycles. The molecule has 5 rings (SSSR count). The molecule has 9 nitrogen and oxygen atoms in total. The number of benzene rings is 1. The zero-order chi connectivity index (χ0) is 21.4. The van der Waals surface area contributed by atoms with Crippen molar-refractivity contribution in [3.05, 3.63) is 48.0 Å². The molecule has 0 spiro atoms. The van der Waals surface area contributed by atoms with Crippen molar-refractivity contribution in [1.82, 2.24) is 24.0 Å². The van der Waals surface area contributed by atoms with Crippen LogP contribution in [0.3, 0.4) is 0 Å². The summed E-state index contributed by atoms with van der Waals surface area (Å²) in [7, 11) is -1.77. The van der Waals surface area contributed by atoms with Gasteiger partial charge in [0.1, 0.15) is 12.1 Å². The number of hydrogen-bond acceptors (Lipinski definition) is 8. The normalized spacial score (nSPS) is 22.0. The van der Waals surface area contributed by atoms with Crippen LogP contribution in [0.5, 0.6) is 5.75 Å². The van der Waals surface area contributed by atoms with Crippen molar-refractivity contribution in [2.24, 2.45) is 7.05 Å². The first-order chi connectivity index (χ1) is 15.0. The van der Waals surface area contributed by atoms with Crippen LogP contribution in [0.25, 0.3) is 0 Å². The fourth-order valence-corrected chi connectivity index (χ4v) is 6.29. The second-order valence-electron chi connectivity index (χ2n) is 7.83. The molecule has 3 aromatic rings. The zero-order valence-electron chi connectivity index (χ0n) is 17.1. The lowest BCUT2D eigenvalue weighted by atomic mass is 9.91. The molecule has 2 atom stereocenters. The molecule has 0 radical (unpaired) electrons. The van der Waals surface area contributed by atoms with E-state index in [0.717, 1.165) is 42.9 Å². The van der Waals surface area contributed by atoms with Gasteiger partial charge < -0.3 is 4.74 Å². The maximum Gasteiger partial charge on any atom is 0.263 e. The van der Waals surface area contributed by atoms with Crippen LogP contribution in [0.4, 0.5) is 5.13 Å². The highest BCUT2D eigenvalue weighted by Crippen LogP contribution is 2.44. The number of rotatable bonds is 5. The van der Waals surface area contributed by atoms with Crippen LogP contribution in [0.1, 0.15) is 49.0 Å². The summed E-state index contributed by atoms with van der Waals surface area (Å²) in [6.45, 7) is 1.55. The van der Waals surface area contributed by atoms with Crippen molar-refractivity contribution >= 4 is 26.7 Å². The molecule has 1 saturated heterocycles. The van der Waals surface area contributed by atoms with E-state index in [0.29, 0.717) is 18.4 Å². The van der Waals surface area contributed by atoms with E-state index in [-0.39, 0.29) is 16.1 Å². The maximum atomic E-state index is 12.8. The van der Waals surface area contributed by atoms with Crippen LogP contribution in [0.2, 0.25) is 0 Å². The lowest BCUT2D eigenvalue weighted by Crippen LogP contribution is -2.39. The van der Waals surface area contributed by atoms with Gasteiger partial charge in [-0.25, -0.2) is 13.4 Å². The lowest BCUT2D eigenvalue weighted by molar-refractivity contribution is 0.0629. The largest absolute Gasteiger partial charge is 0.493 e. The van der Waals surface area contributed by atoms with Crippen LogP contribution in [0.15, 0.2) is 41.7 Å². The molecule has 1 aromatic carbocycles. The molecule has 1 N–H and O–H groups in total. The van der Waals surface area contributed by atoms with Gasteiger partial charge in [-0.2, -0.15) is 9.47 Å². The molecule has 0 amide bonds. The molecule has 4 heterocycles. The summed E-state index contributed by atoms with van der Waals surface area (Å²) in [5.74, 6) is 0.630. The summed E-state index contributed by atoms with van der Waals surface area (Å²) in [6, 6.07) is 7.72. The average molecular weight is 461 g/mol. The van der Waals surface area contributed by atoms with E-state index in [1.54, 1.807) is 12.1 Å². The summed E-state index contributed by atoms with van der Waals surface area (Å²) in [4.78, 5) is 6.59. The molecule has 1 fully saturated rings. The van der Waals surface area contributed by atoms with Crippen LogP contribution in [0, 0.1) is 0 Å². The smallest absolute Gasteiger partial charge is 0.263 e. The standard InChI is InChI=1S/C20H24N6O3S2/c1-25-17(7-9-22-25)18-4-2-3-10-26(18)16-8-11-29-19-12-14(5-6-15(16)19)31(27,28)24-20-21-13-23-30-20/h5-7,9,12-13,16,18H,2-4,8,10-11H2,1H3,(H,21,23,24)/t16-,18-/m0/s1. The van der Waals surface area contributed by atoms with Gasteiger partial charge in [0.2, 0.25) is 5.13 Å². The Hall–Kier alpha value is -2.50. The summed E-state index contributed by atoms with van der Waals surface area (Å²) >= 11 is 0.996. The van der Waals surface area contributed by atoms with E-state index >= 15 is 0 Å². The minimum absolute atomic E-state index is 0.156. The van der Waals surface area contributed by atoms with Gasteiger partial charge in [-0.05, 0) is 31.5 Å². The molecule has 164 valence electrons. The van der Waals surface area contributed by atoms with E-state index in [9.17, 15) is 8.42 Å². The number of aryl methyl sites for hydroxylation is 1. The minimum Gasteiger partial charge on any atom is -0.493 e. The van der Waals surface area contributed by atoms with Gasteiger partial charge in [-0.1, -0.05) is 12.5 Å². The average Bonchev–Trinajstić information content (AvgIpc) is 3.44. The third kappa shape index (κ3) is 3.92. The Morgan fingerprint density at radius 3 is 2.87 bits per heavy atom. The predicted molar refractivity (Wildman–Crippen MR) is 117 cm³/mol. The number of ether oxygens (including phenoxy) is 1. The van der Waals surface area contributed by atoms with Crippen LogP contribution in [-0.4, -0.2) is 45.6 Å². The van der Waals surface area contributed by atoms with Gasteiger partial charge >= 0.3 is 0 Å².